The molecule has 3 aromatic rings. The molecule has 0 aliphatic carbocycles. The third kappa shape index (κ3) is 3.90. The molecule has 0 unspecified atom stereocenters. The lowest BCUT2D eigenvalue weighted by atomic mass is 10.1. The number of benzene rings is 2. The minimum absolute atomic E-state index is 0.300. The number of rotatable bonds is 4. The molecule has 138 valence electrons. The Hall–Kier alpha value is -2.99. The monoisotopic (exact) mass is 362 g/mol. The predicted octanol–water partition coefficient (Wildman–Crippen LogP) is 2.79. The third-order valence-electron chi connectivity index (χ3n) is 4.81. The van der Waals surface area contributed by atoms with E-state index in [0.29, 0.717) is 5.56 Å². The van der Waals surface area contributed by atoms with E-state index in [4.69, 9.17) is 9.72 Å². The maximum atomic E-state index is 11.7. The summed E-state index contributed by atoms with van der Waals surface area (Å²) in [4.78, 5) is 18.8. The number of nitrogens with zero attached hydrogens (tertiary/aromatic N) is 4. The second-order valence-electron chi connectivity index (χ2n) is 6.66. The highest BCUT2D eigenvalue weighted by Crippen LogP contribution is 2.18. The zero-order valence-corrected chi connectivity index (χ0v) is 15.3. The lowest BCUT2D eigenvalue weighted by Gasteiger charge is -2.19. The summed E-state index contributed by atoms with van der Waals surface area (Å²) in [5, 5.41) is 4.69. The van der Waals surface area contributed by atoms with Gasteiger partial charge in [-0.3, -0.25) is 4.90 Å². The van der Waals surface area contributed by atoms with Crippen LogP contribution in [-0.2, 0) is 24.2 Å². The molecule has 2 aromatic carbocycles. The Morgan fingerprint density at radius 1 is 1.07 bits per heavy atom. The van der Waals surface area contributed by atoms with Crippen molar-refractivity contribution in [1.29, 1.82) is 0 Å². The van der Waals surface area contributed by atoms with E-state index in [2.05, 4.69) is 10.00 Å². The molecule has 2 heterocycles. The van der Waals surface area contributed by atoms with Gasteiger partial charge in [-0.15, -0.1) is 0 Å². The largest absolute Gasteiger partial charge is 0.465 e. The van der Waals surface area contributed by atoms with Crippen LogP contribution in [0.1, 0.15) is 21.7 Å². The van der Waals surface area contributed by atoms with Gasteiger partial charge in [0.25, 0.3) is 0 Å². The molecule has 0 spiro atoms. The van der Waals surface area contributed by atoms with Gasteiger partial charge in [0, 0.05) is 31.6 Å². The van der Waals surface area contributed by atoms with Crippen LogP contribution >= 0.6 is 0 Å². The second kappa shape index (κ2) is 7.72. The number of carbonyl (C=O) groups is 1. The highest BCUT2D eigenvalue weighted by atomic mass is 16.5. The van der Waals surface area contributed by atoms with Crippen molar-refractivity contribution in [2.45, 2.75) is 19.5 Å². The molecule has 0 saturated carbocycles. The summed E-state index contributed by atoms with van der Waals surface area (Å²) in [5.41, 5.74) is 2.75. The first-order valence-electron chi connectivity index (χ1n) is 9.11. The maximum Gasteiger partial charge on any atom is 0.337 e. The summed E-state index contributed by atoms with van der Waals surface area (Å²) in [6, 6.07) is 17.7. The van der Waals surface area contributed by atoms with Crippen molar-refractivity contribution in [3.05, 3.63) is 71.5 Å². The van der Waals surface area contributed by atoms with E-state index in [1.54, 1.807) is 6.07 Å². The number of carbonyl (C=O) groups excluding carboxylic acids is 1. The summed E-state index contributed by atoms with van der Waals surface area (Å²) in [6.07, 6.45) is 0.858. The Morgan fingerprint density at radius 2 is 1.93 bits per heavy atom. The Morgan fingerprint density at radius 3 is 2.74 bits per heavy atom. The van der Waals surface area contributed by atoms with Crippen molar-refractivity contribution >= 4 is 5.97 Å². The van der Waals surface area contributed by atoms with Crippen LogP contribution in [0.3, 0.4) is 0 Å². The summed E-state index contributed by atoms with van der Waals surface area (Å²) in [6.45, 7) is 3.41. The maximum absolute atomic E-state index is 11.7. The van der Waals surface area contributed by atoms with Gasteiger partial charge in [0.1, 0.15) is 5.82 Å². The van der Waals surface area contributed by atoms with Gasteiger partial charge in [-0.25, -0.2) is 14.5 Å². The molecule has 6 nitrogen and oxygen atoms in total. The van der Waals surface area contributed by atoms with Crippen LogP contribution in [0.5, 0.6) is 0 Å². The number of hydrogen-bond acceptors (Lipinski definition) is 5. The van der Waals surface area contributed by atoms with E-state index >= 15 is 0 Å². The van der Waals surface area contributed by atoms with E-state index in [1.807, 2.05) is 53.2 Å². The molecule has 0 bridgehead atoms. The number of fused-ring (bicyclic) bond motifs is 1. The van der Waals surface area contributed by atoms with Gasteiger partial charge in [0.2, 0.25) is 0 Å². The highest BCUT2D eigenvalue weighted by molar-refractivity contribution is 5.89. The standard InChI is InChI=1S/C21H22N4O2/c1-27-21(26)18-9-5-6-16(14-18)15-24-11-10-19-22-20(23-25(19)13-12-24)17-7-3-2-4-8-17/h2-9,14H,10-13,15H2,1H3. The van der Waals surface area contributed by atoms with Crippen LogP contribution in [0.25, 0.3) is 11.4 Å². The van der Waals surface area contributed by atoms with Crippen molar-refractivity contribution in [2.75, 3.05) is 20.2 Å². The van der Waals surface area contributed by atoms with Crippen LogP contribution in [0.4, 0.5) is 0 Å². The third-order valence-corrected chi connectivity index (χ3v) is 4.81. The number of esters is 1. The lowest BCUT2D eigenvalue weighted by Crippen LogP contribution is -2.26. The topological polar surface area (TPSA) is 60.2 Å². The Balaban J connectivity index is 1.44. The van der Waals surface area contributed by atoms with Crippen LogP contribution in [0.15, 0.2) is 54.6 Å². The number of aromatic nitrogens is 3. The number of methoxy groups -OCH3 is 1. The van der Waals surface area contributed by atoms with Crippen LogP contribution in [0, 0.1) is 0 Å². The molecule has 0 atom stereocenters. The summed E-state index contributed by atoms with van der Waals surface area (Å²) < 4.78 is 6.83. The van der Waals surface area contributed by atoms with E-state index in [-0.39, 0.29) is 5.97 Å². The van der Waals surface area contributed by atoms with Crippen LogP contribution in [-0.4, -0.2) is 45.8 Å². The van der Waals surface area contributed by atoms with E-state index < -0.39 is 0 Å². The van der Waals surface area contributed by atoms with E-state index in [9.17, 15) is 4.79 Å². The predicted molar refractivity (Wildman–Crippen MR) is 102 cm³/mol. The Bertz CT molecular complexity index is 911. The Labute approximate surface area is 158 Å². The highest BCUT2D eigenvalue weighted by Gasteiger charge is 2.18. The zero-order chi connectivity index (χ0) is 18.6. The van der Waals surface area contributed by atoms with Gasteiger partial charge in [0.05, 0.1) is 19.2 Å². The van der Waals surface area contributed by atoms with Gasteiger partial charge in [-0.05, 0) is 17.7 Å². The molecular formula is C21H22N4O2. The van der Waals surface area contributed by atoms with E-state index in [1.165, 1.54) is 7.11 Å². The average Bonchev–Trinajstić information content (AvgIpc) is 3.04. The molecule has 6 heteroatoms. The van der Waals surface area contributed by atoms with Gasteiger partial charge < -0.3 is 4.74 Å². The molecule has 1 aliphatic heterocycles. The SMILES string of the molecule is COC(=O)c1cccc(CN2CCc3nc(-c4ccccc4)nn3CC2)c1. The van der Waals surface area contributed by atoms with Crippen molar-refractivity contribution < 1.29 is 9.53 Å². The van der Waals surface area contributed by atoms with Crippen molar-refractivity contribution in [3.8, 4) is 11.4 Å². The minimum Gasteiger partial charge on any atom is -0.465 e. The van der Waals surface area contributed by atoms with Crippen LogP contribution < -0.4 is 0 Å². The summed E-state index contributed by atoms with van der Waals surface area (Å²) in [5.74, 6) is 1.52. The fourth-order valence-corrected chi connectivity index (χ4v) is 3.38. The number of ether oxygens (including phenoxy) is 1. The summed E-state index contributed by atoms with van der Waals surface area (Å²) in [7, 11) is 1.40. The number of hydrogen-bond donors (Lipinski definition) is 0. The lowest BCUT2D eigenvalue weighted by molar-refractivity contribution is 0.0600. The fourth-order valence-electron chi connectivity index (χ4n) is 3.38. The molecule has 0 saturated heterocycles. The van der Waals surface area contributed by atoms with Crippen LogP contribution in [0.2, 0.25) is 0 Å². The Kier molecular flexibility index (Phi) is 4.98. The molecule has 27 heavy (non-hydrogen) atoms. The van der Waals surface area contributed by atoms with Crippen molar-refractivity contribution in [2.24, 2.45) is 0 Å². The molecular weight excluding hydrogens is 340 g/mol. The first-order chi connectivity index (χ1) is 13.2. The minimum atomic E-state index is -0.300. The fraction of sp³-hybridized carbons (Fsp3) is 0.286. The molecule has 0 fully saturated rings. The average molecular weight is 362 g/mol. The zero-order valence-electron chi connectivity index (χ0n) is 15.3. The summed E-state index contributed by atoms with van der Waals surface area (Å²) >= 11 is 0. The smallest absolute Gasteiger partial charge is 0.337 e. The first-order valence-corrected chi connectivity index (χ1v) is 9.11. The van der Waals surface area contributed by atoms with Crippen molar-refractivity contribution in [1.82, 2.24) is 19.7 Å². The van der Waals surface area contributed by atoms with E-state index in [0.717, 1.165) is 55.4 Å². The molecule has 0 radical (unpaired) electrons. The van der Waals surface area contributed by atoms with Gasteiger partial charge >= 0.3 is 5.97 Å². The normalized spacial score (nSPS) is 14.4. The molecule has 1 aromatic heterocycles. The van der Waals surface area contributed by atoms with Gasteiger partial charge in [0.15, 0.2) is 5.82 Å². The first kappa shape index (κ1) is 17.4. The molecule has 1 aliphatic rings. The van der Waals surface area contributed by atoms with Crippen molar-refractivity contribution in [3.63, 3.8) is 0 Å². The molecule has 4 rings (SSSR count). The van der Waals surface area contributed by atoms with Gasteiger partial charge in [-0.2, -0.15) is 5.10 Å². The second-order valence-corrected chi connectivity index (χ2v) is 6.66. The molecule has 0 N–H and O–H groups in total. The quantitative estimate of drug-likeness (QED) is 0.668. The van der Waals surface area contributed by atoms with Gasteiger partial charge in [-0.1, -0.05) is 42.5 Å². The molecule has 0 amide bonds.